The van der Waals surface area contributed by atoms with E-state index in [1.165, 1.54) is 11.3 Å². The van der Waals surface area contributed by atoms with Crippen molar-refractivity contribution in [2.24, 2.45) is 0 Å². The van der Waals surface area contributed by atoms with E-state index >= 15 is 0 Å². The molecule has 1 aliphatic heterocycles. The first-order valence-corrected chi connectivity index (χ1v) is 3.45. The topological polar surface area (TPSA) is 37.8 Å². The molecule has 0 saturated heterocycles. The fourth-order valence-electron chi connectivity index (χ4n) is 1.19. The molecule has 0 atom stereocenters. The lowest BCUT2D eigenvalue weighted by atomic mass is 10.1. The van der Waals surface area contributed by atoms with E-state index in [0.29, 0.717) is 0 Å². The zero-order chi connectivity index (χ0) is 6.81. The number of hydrogen-bond acceptors (Lipinski definition) is 3. The molecule has 0 fully saturated rings. The second-order valence-electron chi connectivity index (χ2n) is 2.42. The van der Waals surface area contributed by atoms with Crippen LogP contribution in [-0.4, -0.2) is 16.5 Å². The molecule has 3 nitrogen and oxygen atoms in total. The highest BCUT2D eigenvalue weighted by Crippen LogP contribution is 2.07. The van der Waals surface area contributed by atoms with Crippen LogP contribution in [0.3, 0.4) is 0 Å². The summed E-state index contributed by atoms with van der Waals surface area (Å²) in [6, 6.07) is 0. The van der Waals surface area contributed by atoms with Gasteiger partial charge in [-0.1, -0.05) is 0 Å². The molecule has 10 heavy (non-hydrogen) atoms. The monoisotopic (exact) mass is 135 g/mol. The summed E-state index contributed by atoms with van der Waals surface area (Å²) >= 11 is 0. The maximum absolute atomic E-state index is 4.17. The van der Waals surface area contributed by atoms with E-state index in [0.717, 1.165) is 19.5 Å². The third-order valence-corrected chi connectivity index (χ3v) is 1.74. The maximum atomic E-state index is 4.17. The number of aromatic nitrogens is 2. The third kappa shape index (κ3) is 0.885. The second-order valence-corrected chi connectivity index (χ2v) is 2.42. The van der Waals surface area contributed by atoms with E-state index < -0.39 is 0 Å². The van der Waals surface area contributed by atoms with Gasteiger partial charge in [0.05, 0.1) is 0 Å². The van der Waals surface area contributed by atoms with Gasteiger partial charge >= 0.3 is 0 Å². The van der Waals surface area contributed by atoms with Crippen molar-refractivity contribution in [1.82, 2.24) is 15.3 Å². The molecule has 0 unspecified atom stereocenters. The van der Waals surface area contributed by atoms with Crippen LogP contribution in [0.15, 0.2) is 12.5 Å². The lowest BCUT2D eigenvalue weighted by Gasteiger charge is -2.13. The van der Waals surface area contributed by atoms with Crippen molar-refractivity contribution in [3.8, 4) is 0 Å². The zero-order valence-corrected chi connectivity index (χ0v) is 5.67. The normalized spacial score (nSPS) is 16.4. The molecule has 0 aliphatic carbocycles. The Bertz CT molecular complexity index is 209. The molecule has 52 valence electrons. The first-order valence-electron chi connectivity index (χ1n) is 3.45. The van der Waals surface area contributed by atoms with Crippen LogP contribution in [0.4, 0.5) is 0 Å². The third-order valence-electron chi connectivity index (χ3n) is 1.74. The molecule has 1 aromatic rings. The summed E-state index contributed by atoms with van der Waals surface area (Å²) in [5.41, 5.74) is 2.45. The number of nitrogens with one attached hydrogen (secondary N) is 1. The minimum atomic E-state index is 0.927. The van der Waals surface area contributed by atoms with Crippen LogP contribution < -0.4 is 5.32 Å². The molecule has 0 aromatic carbocycles. The summed E-state index contributed by atoms with van der Waals surface area (Å²) in [5, 5.41) is 3.26. The van der Waals surface area contributed by atoms with E-state index in [-0.39, 0.29) is 0 Å². The van der Waals surface area contributed by atoms with Crippen LogP contribution in [0.25, 0.3) is 0 Å². The highest BCUT2D eigenvalue weighted by atomic mass is 14.9. The number of hydrogen-bond donors (Lipinski definition) is 1. The fourth-order valence-corrected chi connectivity index (χ4v) is 1.19. The summed E-state index contributed by atoms with van der Waals surface area (Å²) < 4.78 is 0. The molecule has 2 heterocycles. The number of fused-ring (bicyclic) bond motifs is 1. The molecule has 1 N–H and O–H groups in total. The minimum absolute atomic E-state index is 0.927. The highest BCUT2D eigenvalue weighted by molar-refractivity contribution is 5.18. The quantitative estimate of drug-likeness (QED) is 0.549. The Morgan fingerprint density at radius 2 is 2.50 bits per heavy atom. The van der Waals surface area contributed by atoms with Gasteiger partial charge in [-0.3, -0.25) is 0 Å². The summed E-state index contributed by atoms with van der Waals surface area (Å²) in [4.78, 5) is 8.12. The lowest BCUT2D eigenvalue weighted by Crippen LogP contribution is -2.24. The van der Waals surface area contributed by atoms with Crippen LogP contribution in [0.1, 0.15) is 11.3 Å². The molecular formula is C7H9N3. The van der Waals surface area contributed by atoms with E-state index in [2.05, 4.69) is 15.3 Å². The predicted molar refractivity (Wildman–Crippen MR) is 37.4 cm³/mol. The molecule has 0 saturated carbocycles. The van der Waals surface area contributed by atoms with Crippen molar-refractivity contribution in [3.05, 3.63) is 23.8 Å². The van der Waals surface area contributed by atoms with Crippen LogP contribution in [-0.2, 0) is 13.0 Å². The Morgan fingerprint density at radius 3 is 3.40 bits per heavy atom. The zero-order valence-electron chi connectivity index (χ0n) is 5.67. The van der Waals surface area contributed by atoms with Crippen LogP contribution in [0.5, 0.6) is 0 Å². The molecule has 2 rings (SSSR count). The second kappa shape index (κ2) is 2.34. The van der Waals surface area contributed by atoms with E-state index in [4.69, 9.17) is 0 Å². The SMILES string of the molecule is c1ncc2c(n1)CCNC2. The summed E-state index contributed by atoms with van der Waals surface area (Å²) in [5.74, 6) is 0. The van der Waals surface area contributed by atoms with Gasteiger partial charge in [0.25, 0.3) is 0 Å². The Morgan fingerprint density at radius 1 is 1.50 bits per heavy atom. The first kappa shape index (κ1) is 5.80. The van der Waals surface area contributed by atoms with Gasteiger partial charge in [-0.2, -0.15) is 0 Å². The molecule has 1 aliphatic rings. The van der Waals surface area contributed by atoms with Crippen molar-refractivity contribution in [2.75, 3.05) is 6.54 Å². The maximum Gasteiger partial charge on any atom is 0.115 e. The van der Waals surface area contributed by atoms with E-state index in [1.807, 2.05) is 6.20 Å². The summed E-state index contributed by atoms with van der Waals surface area (Å²) in [6.07, 6.45) is 4.54. The van der Waals surface area contributed by atoms with Crippen LogP contribution >= 0.6 is 0 Å². The van der Waals surface area contributed by atoms with Gasteiger partial charge in [0.2, 0.25) is 0 Å². The van der Waals surface area contributed by atoms with Gasteiger partial charge in [-0.05, 0) is 0 Å². The van der Waals surface area contributed by atoms with Gasteiger partial charge in [0.15, 0.2) is 0 Å². The van der Waals surface area contributed by atoms with Crippen molar-refractivity contribution in [3.63, 3.8) is 0 Å². The molecule has 0 radical (unpaired) electrons. The molecule has 0 amide bonds. The van der Waals surface area contributed by atoms with Gasteiger partial charge in [0.1, 0.15) is 6.33 Å². The molecule has 1 aromatic heterocycles. The van der Waals surface area contributed by atoms with Crippen molar-refractivity contribution < 1.29 is 0 Å². The lowest BCUT2D eigenvalue weighted by molar-refractivity contribution is 0.625. The highest BCUT2D eigenvalue weighted by Gasteiger charge is 2.07. The Labute approximate surface area is 59.5 Å². The van der Waals surface area contributed by atoms with Gasteiger partial charge in [-0.25, -0.2) is 9.97 Å². The predicted octanol–water partition coefficient (Wildman–Crippen LogP) is 0.122. The first-order chi connectivity index (χ1) is 4.97. The largest absolute Gasteiger partial charge is 0.312 e. The van der Waals surface area contributed by atoms with Crippen molar-refractivity contribution in [2.45, 2.75) is 13.0 Å². The minimum Gasteiger partial charge on any atom is -0.312 e. The van der Waals surface area contributed by atoms with Crippen molar-refractivity contribution >= 4 is 0 Å². The van der Waals surface area contributed by atoms with Crippen molar-refractivity contribution in [1.29, 1.82) is 0 Å². The van der Waals surface area contributed by atoms with Crippen LogP contribution in [0, 0.1) is 0 Å². The Balaban J connectivity index is 2.41. The van der Waals surface area contributed by atoms with Crippen LogP contribution in [0.2, 0.25) is 0 Å². The average molecular weight is 135 g/mol. The number of nitrogens with zero attached hydrogens (tertiary/aromatic N) is 2. The van der Waals surface area contributed by atoms with E-state index in [9.17, 15) is 0 Å². The van der Waals surface area contributed by atoms with Gasteiger partial charge < -0.3 is 5.32 Å². The molecule has 0 bridgehead atoms. The fraction of sp³-hybridized carbons (Fsp3) is 0.429. The Kier molecular flexibility index (Phi) is 1.36. The van der Waals surface area contributed by atoms with Gasteiger partial charge in [0, 0.05) is 37.0 Å². The average Bonchev–Trinajstić information content (AvgIpc) is 2.05. The Hall–Kier alpha value is -0.960. The summed E-state index contributed by atoms with van der Waals surface area (Å²) in [7, 11) is 0. The number of rotatable bonds is 0. The van der Waals surface area contributed by atoms with E-state index in [1.54, 1.807) is 6.33 Å². The standard InChI is InChI=1S/C7H9N3/c1-2-8-3-6-4-9-5-10-7(1)6/h4-5,8H,1-3H2. The molecular weight excluding hydrogens is 126 g/mol. The summed E-state index contributed by atoms with van der Waals surface area (Å²) in [6.45, 7) is 1.97. The van der Waals surface area contributed by atoms with Gasteiger partial charge in [-0.15, -0.1) is 0 Å². The smallest absolute Gasteiger partial charge is 0.115 e. The molecule has 0 spiro atoms. The molecule has 3 heteroatoms.